The van der Waals surface area contributed by atoms with Crippen LogP contribution in [0.25, 0.3) is 11.8 Å². The van der Waals surface area contributed by atoms with Crippen LogP contribution >= 0.6 is 22.9 Å². The Hall–Kier alpha value is -4.28. The molecule has 2 aromatic carbocycles. The van der Waals surface area contributed by atoms with Crippen LogP contribution in [0.3, 0.4) is 0 Å². The van der Waals surface area contributed by atoms with Gasteiger partial charge in [0, 0.05) is 42.1 Å². The predicted octanol–water partition coefficient (Wildman–Crippen LogP) is 4.46. The second-order valence-corrected chi connectivity index (χ2v) is 10.6. The minimum absolute atomic E-state index is 0.0274. The van der Waals surface area contributed by atoms with Crippen LogP contribution in [0.15, 0.2) is 87.9 Å². The topological polar surface area (TPSA) is 103 Å². The van der Waals surface area contributed by atoms with Crippen LogP contribution < -0.4 is 14.9 Å². The number of fused-ring (bicyclic) bond motifs is 1. The van der Waals surface area contributed by atoms with Gasteiger partial charge in [0.15, 0.2) is 4.80 Å². The number of allylic oxidation sites excluding steroid dienone is 1. The minimum Gasteiger partial charge on any atom is -0.339 e. The molecule has 1 aliphatic heterocycles. The van der Waals surface area contributed by atoms with Gasteiger partial charge in [-0.15, -0.1) is 0 Å². The number of halogens is 1. The number of aromatic nitrogens is 2. The average molecular weight is 576 g/mol. The monoisotopic (exact) mass is 575 g/mol. The number of carbonyl (C=O) groups excluding carboxylic acids is 1. The largest absolute Gasteiger partial charge is 0.339 e. The molecule has 0 saturated heterocycles. The first-order chi connectivity index (χ1) is 19.2. The van der Waals surface area contributed by atoms with E-state index in [1.54, 1.807) is 57.5 Å². The molecule has 204 valence electrons. The summed E-state index contributed by atoms with van der Waals surface area (Å²) in [7, 11) is 0. The highest BCUT2D eigenvalue weighted by atomic mass is 35.5. The number of likely N-dealkylation sites (N-methyl/N-ethyl adjacent to an activating group) is 1. The SMILES string of the molecule is CCN(CC)C(=O)C1=C(C)N=c2s/c(=C/c3cccn3-c3cccc([N+](=O)[O-])c3)c(=O)n2[C@H]1c1ccc(Cl)cc1. The van der Waals surface area contributed by atoms with Gasteiger partial charge < -0.3 is 9.47 Å². The third-order valence-corrected chi connectivity index (χ3v) is 8.10. The smallest absolute Gasteiger partial charge is 0.271 e. The molecule has 0 bridgehead atoms. The molecule has 1 amide bonds. The number of carbonyl (C=O) groups is 1. The third-order valence-electron chi connectivity index (χ3n) is 6.87. The van der Waals surface area contributed by atoms with Crippen molar-refractivity contribution in [2.45, 2.75) is 26.8 Å². The summed E-state index contributed by atoms with van der Waals surface area (Å²) in [6.45, 7) is 6.68. The average Bonchev–Trinajstić information content (AvgIpc) is 3.53. The molecule has 0 saturated carbocycles. The first-order valence-electron chi connectivity index (χ1n) is 12.7. The second-order valence-electron chi connectivity index (χ2n) is 9.19. The molecule has 0 spiro atoms. The van der Waals surface area contributed by atoms with E-state index in [1.807, 2.05) is 38.1 Å². The van der Waals surface area contributed by atoms with E-state index in [2.05, 4.69) is 0 Å². The van der Waals surface area contributed by atoms with E-state index in [-0.39, 0.29) is 17.2 Å². The van der Waals surface area contributed by atoms with E-state index in [4.69, 9.17) is 16.6 Å². The number of hydrogen-bond acceptors (Lipinski definition) is 6. The van der Waals surface area contributed by atoms with Gasteiger partial charge in [-0.2, -0.15) is 0 Å². The summed E-state index contributed by atoms with van der Waals surface area (Å²) in [6, 6.07) is 16.4. The molecule has 3 heterocycles. The summed E-state index contributed by atoms with van der Waals surface area (Å²) in [4.78, 5) is 45.4. The van der Waals surface area contributed by atoms with Crippen LogP contribution in [0, 0.1) is 10.1 Å². The van der Waals surface area contributed by atoms with E-state index in [0.717, 1.165) is 5.56 Å². The Bertz CT molecular complexity index is 1830. The maximum Gasteiger partial charge on any atom is 0.271 e. The molecule has 11 heteroatoms. The fourth-order valence-corrected chi connectivity index (χ4v) is 6.03. The van der Waals surface area contributed by atoms with Crippen molar-refractivity contribution in [2.75, 3.05) is 13.1 Å². The Labute approximate surface area is 238 Å². The quantitative estimate of drug-likeness (QED) is 0.240. The molecule has 1 aliphatic rings. The van der Waals surface area contributed by atoms with Crippen molar-refractivity contribution in [3.8, 4) is 5.69 Å². The lowest BCUT2D eigenvalue weighted by Crippen LogP contribution is -2.43. The molecular weight excluding hydrogens is 550 g/mol. The summed E-state index contributed by atoms with van der Waals surface area (Å²) in [6.07, 6.45) is 3.52. The highest BCUT2D eigenvalue weighted by Gasteiger charge is 2.34. The van der Waals surface area contributed by atoms with Gasteiger partial charge in [0.1, 0.15) is 0 Å². The molecule has 0 N–H and O–H groups in total. The summed E-state index contributed by atoms with van der Waals surface area (Å²) < 4.78 is 3.78. The number of benzene rings is 2. The van der Waals surface area contributed by atoms with Crippen LogP contribution in [-0.2, 0) is 4.79 Å². The van der Waals surface area contributed by atoms with Gasteiger partial charge in [-0.1, -0.05) is 41.1 Å². The van der Waals surface area contributed by atoms with Crippen LogP contribution in [0.1, 0.15) is 38.1 Å². The molecule has 4 aromatic rings. The zero-order valence-electron chi connectivity index (χ0n) is 22.1. The predicted molar refractivity (Wildman–Crippen MR) is 156 cm³/mol. The maximum absolute atomic E-state index is 14.0. The van der Waals surface area contributed by atoms with Crippen LogP contribution in [0.2, 0.25) is 5.02 Å². The number of nitro benzene ring substituents is 1. The first-order valence-corrected chi connectivity index (χ1v) is 13.9. The Morgan fingerprint density at radius 3 is 2.55 bits per heavy atom. The Balaban J connectivity index is 1.69. The van der Waals surface area contributed by atoms with Gasteiger partial charge in [0.25, 0.3) is 17.2 Å². The van der Waals surface area contributed by atoms with E-state index in [9.17, 15) is 19.7 Å². The Kier molecular flexibility index (Phi) is 7.55. The third kappa shape index (κ3) is 4.91. The van der Waals surface area contributed by atoms with Crippen LogP contribution in [0.5, 0.6) is 0 Å². The normalized spacial score (nSPS) is 15.1. The lowest BCUT2D eigenvalue weighted by Gasteiger charge is -2.29. The van der Waals surface area contributed by atoms with E-state index in [1.165, 1.54) is 23.5 Å². The number of nitro groups is 1. The van der Waals surface area contributed by atoms with Crippen molar-refractivity contribution in [3.63, 3.8) is 0 Å². The molecule has 0 unspecified atom stereocenters. The minimum atomic E-state index is -0.674. The van der Waals surface area contributed by atoms with E-state index >= 15 is 0 Å². The molecular formula is C29H26ClN5O4S. The first kappa shape index (κ1) is 27.3. The van der Waals surface area contributed by atoms with E-state index in [0.29, 0.717) is 50.1 Å². The van der Waals surface area contributed by atoms with Crippen LogP contribution in [0.4, 0.5) is 5.69 Å². The van der Waals surface area contributed by atoms with Crippen molar-refractivity contribution in [2.24, 2.45) is 4.99 Å². The van der Waals surface area contributed by atoms with Gasteiger partial charge in [0.05, 0.1) is 32.5 Å². The number of rotatable bonds is 7. The van der Waals surface area contributed by atoms with Crippen LogP contribution in [-0.4, -0.2) is 38.0 Å². The molecule has 2 aromatic heterocycles. The van der Waals surface area contributed by atoms with Crippen molar-refractivity contribution in [1.29, 1.82) is 0 Å². The van der Waals surface area contributed by atoms with Crippen molar-refractivity contribution < 1.29 is 9.72 Å². The molecule has 0 radical (unpaired) electrons. The maximum atomic E-state index is 14.0. The highest BCUT2D eigenvalue weighted by molar-refractivity contribution is 7.07. The molecule has 0 aliphatic carbocycles. The number of hydrogen-bond donors (Lipinski definition) is 0. The molecule has 9 nitrogen and oxygen atoms in total. The molecule has 0 fully saturated rings. The molecule has 5 rings (SSSR count). The van der Waals surface area contributed by atoms with Crippen molar-refractivity contribution >= 4 is 40.6 Å². The van der Waals surface area contributed by atoms with Gasteiger partial charge in [-0.05, 0) is 62.7 Å². The second kappa shape index (κ2) is 11.1. The Morgan fingerprint density at radius 2 is 1.88 bits per heavy atom. The zero-order chi connectivity index (χ0) is 28.6. The van der Waals surface area contributed by atoms with Gasteiger partial charge in [-0.3, -0.25) is 24.3 Å². The Morgan fingerprint density at radius 1 is 1.15 bits per heavy atom. The lowest BCUT2D eigenvalue weighted by atomic mass is 9.94. The fraction of sp³-hybridized carbons (Fsp3) is 0.207. The summed E-state index contributed by atoms with van der Waals surface area (Å²) in [5.41, 5.74) is 2.72. The summed E-state index contributed by atoms with van der Waals surface area (Å²) in [5.74, 6) is -0.167. The lowest BCUT2D eigenvalue weighted by molar-refractivity contribution is -0.384. The number of amides is 1. The van der Waals surface area contributed by atoms with E-state index < -0.39 is 11.0 Å². The molecule has 40 heavy (non-hydrogen) atoms. The van der Waals surface area contributed by atoms with Crippen molar-refractivity contribution in [3.05, 3.63) is 124 Å². The number of nitrogens with zero attached hydrogens (tertiary/aromatic N) is 5. The number of non-ortho nitro benzene ring substituents is 1. The van der Waals surface area contributed by atoms with Crippen molar-refractivity contribution in [1.82, 2.24) is 14.0 Å². The summed E-state index contributed by atoms with van der Waals surface area (Å²) >= 11 is 7.40. The van der Waals surface area contributed by atoms with Gasteiger partial charge in [0.2, 0.25) is 0 Å². The number of thiazole rings is 1. The van der Waals surface area contributed by atoms with Gasteiger partial charge >= 0.3 is 0 Å². The standard InChI is InChI=1S/C29H26ClN5O4S/c1-4-32(5-2)28(37)25-18(3)31-29-34(26(25)19-11-13-20(30)14-12-19)27(36)24(40-29)17-22-10-7-15-33(22)21-8-6-9-23(16-21)35(38)39/h6-17,26H,4-5H2,1-3H3/b24-17+/t26-/m0/s1. The van der Waals surface area contributed by atoms with Gasteiger partial charge in [-0.25, -0.2) is 4.99 Å². The zero-order valence-corrected chi connectivity index (χ0v) is 23.6. The highest BCUT2D eigenvalue weighted by Crippen LogP contribution is 2.32. The summed E-state index contributed by atoms with van der Waals surface area (Å²) in [5, 5.41) is 11.9. The fourth-order valence-electron chi connectivity index (χ4n) is 4.87. The molecule has 1 atom stereocenters.